The molecule has 0 aliphatic rings. The molecule has 1 aromatic rings. The Bertz CT molecular complexity index is 297. The van der Waals surface area contributed by atoms with Crippen LogP contribution in [0.1, 0.15) is 38.8 Å². The second kappa shape index (κ2) is 5.71. The van der Waals surface area contributed by atoms with Crippen LogP contribution in [0.25, 0.3) is 0 Å². The van der Waals surface area contributed by atoms with Crippen LogP contribution in [-0.4, -0.2) is 11.6 Å². The first-order valence-electron chi connectivity index (χ1n) is 5.44. The maximum atomic E-state index is 5.83. The molecule has 0 bridgehead atoms. The average molecular weight is 208 g/mol. The number of aromatic nitrogens is 1. The Morgan fingerprint density at radius 1 is 1.40 bits per heavy atom. The highest BCUT2D eigenvalue weighted by atomic mass is 16.5. The molecule has 0 amide bonds. The van der Waals surface area contributed by atoms with E-state index in [0.29, 0.717) is 18.4 Å². The zero-order valence-corrected chi connectivity index (χ0v) is 9.73. The summed E-state index contributed by atoms with van der Waals surface area (Å²) in [7, 11) is 0. The monoisotopic (exact) mass is 208 g/mol. The molecule has 1 atom stereocenters. The predicted molar refractivity (Wildman–Crippen MR) is 61.8 cm³/mol. The van der Waals surface area contributed by atoms with E-state index in [0.717, 1.165) is 12.0 Å². The molecule has 1 rings (SSSR count). The van der Waals surface area contributed by atoms with E-state index >= 15 is 0 Å². The van der Waals surface area contributed by atoms with Crippen LogP contribution >= 0.6 is 0 Å². The van der Waals surface area contributed by atoms with Crippen molar-refractivity contribution in [2.24, 2.45) is 11.7 Å². The summed E-state index contributed by atoms with van der Waals surface area (Å²) in [5, 5.41) is 0. The molecule has 0 aliphatic carbocycles. The van der Waals surface area contributed by atoms with E-state index in [4.69, 9.17) is 10.5 Å². The fraction of sp³-hybridized carbons (Fsp3) is 0.583. The number of hydrogen-bond donors (Lipinski definition) is 1. The summed E-state index contributed by atoms with van der Waals surface area (Å²) >= 11 is 0. The molecule has 0 aliphatic heterocycles. The van der Waals surface area contributed by atoms with Crippen LogP contribution in [-0.2, 0) is 0 Å². The van der Waals surface area contributed by atoms with Gasteiger partial charge in [0.2, 0.25) is 5.88 Å². The van der Waals surface area contributed by atoms with E-state index in [1.807, 2.05) is 19.1 Å². The SMILES string of the molecule is CC(C)CCOc1ncccc1[C@H](C)N. The summed E-state index contributed by atoms with van der Waals surface area (Å²) in [6, 6.07) is 3.81. The Morgan fingerprint density at radius 3 is 2.73 bits per heavy atom. The zero-order valence-electron chi connectivity index (χ0n) is 9.73. The van der Waals surface area contributed by atoms with Crippen LogP contribution in [0.5, 0.6) is 5.88 Å². The molecule has 2 N–H and O–H groups in total. The number of nitrogens with zero attached hydrogens (tertiary/aromatic N) is 1. The first kappa shape index (κ1) is 12.0. The van der Waals surface area contributed by atoms with Crippen LogP contribution < -0.4 is 10.5 Å². The maximum Gasteiger partial charge on any atom is 0.218 e. The minimum Gasteiger partial charge on any atom is -0.477 e. The second-order valence-electron chi connectivity index (χ2n) is 4.22. The highest BCUT2D eigenvalue weighted by Crippen LogP contribution is 2.20. The molecule has 3 nitrogen and oxygen atoms in total. The summed E-state index contributed by atoms with van der Waals surface area (Å²) in [6.07, 6.45) is 2.77. The Hall–Kier alpha value is -1.09. The molecule has 0 unspecified atom stereocenters. The molecule has 1 aromatic heterocycles. The third kappa shape index (κ3) is 3.88. The van der Waals surface area contributed by atoms with Crippen molar-refractivity contribution in [1.82, 2.24) is 4.98 Å². The van der Waals surface area contributed by atoms with Crippen LogP contribution in [0.2, 0.25) is 0 Å². The van der Waals surface area contributed by atoms with Crippen molar-refractivity contribution < 1.29 is 4.74 Å². The van der Waals surface area contributed by atoms with Crippen LogP contribution in [0, 0.1) is 5.92 Å². The first-order chi connectivity index (χ1) is 7.11. The molecule has 0 aromatic carbocycles. The molecule has 0 saturated carbocycles. The highest BCUT2D eigenvalue weighted by Gasteiger charge is 2.08. The summed E-state index contributed by atoms with van der Waals surface area (Å²) < 4.78 is 5.62. The highest BCUT2D eigenvalue weighted by molar-refractivity contribution is 5.27. The number of ether oxygens (including phenoxy) is 1. The second-order valence-corrected chi connectivity index (χ2v) is 4.22. The molecule has 15 heavy (non-hydrogen) atoms. The standard InChI is InChI=1S/C12H20N2O/c1-9(2)6-8-15-12-11(10(3)13)5-4-7-14-12/h4-5,7,9-10H,6,8,13H2,1-3H3/t10-/m0/s1. The van der Waals surface area contributed by atoms with Crippen LogP contribution in [0.3, 0.4) is 0 Å². The normalized spacial score (nSPS) is 12.9. The third-order valence-electron chi connectivity index (χ3n) is 2.23. The molecule has 84 valence electrons. The summed E-state index contributed by atoms with van der Waals surface area (Å²) in [5.41, 5.74) is 6.80. The van der Waals surface area contributed by atoms with Gasteiger partial charge in [-0.25, -0.2) is 4.98 Å². The van der Waals surface area contributed by atoms with Gasteiger partial charge in [0, 0.05) is 17.8 Å². The minimum absolute atomic E-state index is 0.0345. The summed E-state index contributed by atoms with van der Waals surface area (Å²) in [6.45, 7) is 6.99. The smallest absolute Gasteiger partial charge is 0.218 e. The summed E-state index contributed by atoms with van der Waals surface area (Å²) in [4.78, 5) is 4.19. The van der Waals surface area contributed by atoms with Crippen molar-refractivity contribution in [3.05, 3.63) is 23.9 Å². The third-order valence-corrected chi connectivity index (χ3v) is 2.23. The van der Waals surface area contributed by atoms with Crippen molar-refractivity contribution in [3.8, 4) is 5.88 Å². The van der Waals surface area contributed by atoms with E-state index in [1.165, 1.54) is 0 Å². The van der Waals surface area contributed by atoms with Crippen molar-refractivity contribution in [2.75, 3.05) is 6.61 Å². The molecule has 0 fully saturated rings. The number of hydrogen-bond acceptors (Lipinski definition) is 3. The lowest BCUT2D eigenvalue weighted by atomic mass is 10.1. The topological polar surface area (TPSA) is 48.1 Å². The van der Waals surface area contributed by atoms with Gasteiger partial charge in [0.1, 0.15) is 0 Å². The van der Waals surface area contributed by atoms with E-state index in [9.17, 15) is 0 Å². The van der Waals surface area contributed by atoms with E-state index < -0.39 is 0 Å². The fourth-order valence-electron chi connectivity index (χ4n) is 1.26. The van der Waals surface area contributed by atoms with Gasteiger partial charge in [-0.3, -0.25) is 0 Å². The van der Waals surface area contributed by atoms with Gasteiger partial charge in [-0.2, -0.15) is 0 Å². The number of rotatable bonds is 5. The molecular formula is C12H20N2O. The Labute approximate surface area is 91.7 Å². The van der Waals surface area contributed by atoms with E-state index in [1.54, 1.807) is 6.20 Å². The minimum atomic E-state index is -0.0345. The zero-order chi connectivity index (χ0) is 11.3. The average Bonchev–Trinajstić information content (AvgIpc) is 2.17. The van der Waals surface area contributed by atoms with Crippen molar-refractivity contribution in [1.29, 1.82) is 0 Å². The Kier molecular flexibility index (Phi) is 4.56. The van der Waals surface area contributed by atoms with Gasteiger partial charge in [-0.05, 0) is 25.3 Å². The van der Waals surface area contributed by atoms with Crippen LogP contribution in [0.15, 0.2) is 18.3 Å². The Balaban J connectivity index is 2.59. The van der Waals surface area contributed by atoms with Gasteiger partial charge >= 0.3 is 0 Å². The Morgan fingerprint density at radius 2 is 2.13 bits per heavy atom. The molecule has 3 heteroatoms. The van der Waals surface area contributed by atoms with Gasteiger partial charge < -0.3 is 10.5 Å². The molecule has 1 heterocycles. The number of nitrogens with two attached hydrogens (primary N) is 1. The quantitative estimate of drug-likeness (QED) is 0.808. The molecular weight excluding hydrogens is 188 g/mol. The fourth-order valence-corrected chi connectivity index (χ4v) is 1.26. The van der Waals surface area contributed by atoms with E-state index in [2.05, 4.69) is 18.8 Å². The van der Waals surface area contributed by atoms with Gasteiger partial charge in [-0.15, -0.1) is 0 Å². The van der Waals surface area contributed by atoms with Gasteiger partial charge in [-0.1, -0.05) is 19.9 Å². The molecule has 0 saturated heterocycles. The van der Waals surface area contributed by atoms with E-state index in [-0.39, 0.29) is 6.04 Å². The lowest BCUT2D eigenvalue weighted by molar-refractivity contribution is 0.275. The molecule has 0 radical (unpaired) electrons. The van der Waals surface area contributed by atoms with Crippen LogP contribution in [0.4, 0.5) is 0 Å². The van der Waals surface area contributed by atoms with Gasteiger partial charge in [0.25, 0.3) is 0 Å². The lowest BCUT2D eigenvalue weighted by Gasteiger charge is -2.13. The maximum absolute atomic E-state index is 5.83. The molecule has 0 spiro atoms. The van der Waals surface area contributed by atoms with Crippen molar-refractivity contribution in [2.45, 2.75) is 33.2 Å². The first-order valence-corrected chi connectivity index (χ1v) is 5.44. The van der Waals surface area contributed by atoms with Gasteiger partial charge in [0.05, 0.1) is 6.61 Å². The lowest BCUT2D eigenvalue weighted by Crippen LogP contribution is -2.10. The predicted octanol–water partition coefficient (Wildman–Crippen LogP) is 2.53. The summed E-state index contributed by atoms with van der Waals surface area (Å²) in [5.74, 6) is 1.32. The number of pyridine rings is 1. The largest absolute Gasteiger partial charge is 0.477 e. The van der Waals surface area contributed by atoms with Crippen molar-refractivity contribution >= 4 is 0 Å². The van der Waals surface area contributed by atoms with Gasteiger partial charge in [0.15, 0.2) is 0 Å². The van der Waals surface area contributed by atoms with Crippen molar-refractivity contribution in [3.63, 3.8) is 0 Å².